The minimum absolute atomic E-state index is 0.259. The van der Waals surface area contributed by atoms with Gasteiger partial charge in [-0.05, 0) is 33.1 Å². The first-order valence-corrected chi connectivity index (χ1v) is 5.46. The van der Waals surface area contributed by atoms with Crippen LogP contribution in [0.15, 0.2) is 0 Å². The van der Waals surface area contributed by atoms with E-state index in [2.05, 4.69) is 10.6 Å². The molecule has 1 radical (unpaired) electrons. The number of hydrogen-bond acceptors (Lipinski definition) is 2. The summed E-state index contributed by atoms with van der Waals surface area (Å²) in [7, 11) is 0. The van der Waals surface area contributed by atoms with Gasteiger partial charge in [-0.1, -0.05) is 13.8 Å². The Morgan fingerprint density at radius 3 is 2.06 bits per heavy atom. The fourth-order valence-corrected chi connectivity index (χ4v) is 1.24. The molecule has 0 saturated heterocycles. The van der Waals surface area contributed by atoms with Gasteiger partial charge in [0.05, 0.1) is 0 Å². The number of carbonyl (C=O) groups excluding carboxylic acids is 2. The predicted molar refractivity (Wildman–Crippen MR) is 62.8 cm³/mol. The third-order valence-electron chi connectivity index (χ3n) is 1.82. The van der Waals surface area contributed by atoms with Crippen molar-refractivity contribution >= 4 is 11.9 Å². The number of hydrogen-bond donors (Lipinski definition) is 2. The largest absolute Gasteiger partial charge is 0.334 e. The molecule has 0 heterocycles. The van der Waals surface area contributed by atoms with Crippen LogP contribution in [0.2, 0.25) is 0 Å². The molecule has 0 fully saturated rings. The average Bonchev–Trinajstić information content (AvgIpc) is 1.97. The van der Waals surface area contributed by atoms with E-state index in [9.17, 15) is 9.59 Å². The highest BCUT2D eigenvalue weighted by atomic mass is 16.2. The van der Waals surface area contributed by atoms with Crippen molar-refractivity contribution in [3.05, 3.63) is 0 Å². The maximum absolute atomic E-state index is 11.5. The normalized spacial score (nSPS) is 13.4. The van der Waals surface area contributed by atoms with Gasteiger partial charge in [0.1, 0.15) is 6.04 Å². The summed E-state index contributed by atoms with van der Waals surface area (Å²) in [5, 5.41) is 5.21. The van der Waals surface area contributed by atoms with Gasteiger partial charge >= 0.3 is 6.03 Å². The van der Waals surface area contributed by atoms with Gasteiger partial charge in [-0.3, -0.25) is 10.5 Å². The summed E-state index contributed by atoms with van der Waals surface area (Å²) in [6.07, 6.45) is 0.486. The van der Waals surface area contributed by atoms with E-state index in [1.807, 2.05) is 34.6 Å². The molecule has 0 aromatic heterocycles. The third-order valence-corrected chi connectivity index (χ3v) is 1.82. The molecule has 93 valence electrons. The first-order valence-electron chi connectivity index (χ1n) is 5.46. The molecule has 0 aliphatic rings. The molecule has 5 heteroatoms. The zero-order valence-corrected chi connectivity index (χ0v) is 10.7. The minimum atomic E-state index is -0.752. The monoisotopic (exact) mass is 228 g/mol. The molecule has 3 amide bonds. The maximum Gasteiger partial charge on any atom is 0.315 e. The Hall–Kier alpha value is -1.26. The molecule has 0 spiro atoms. The summed E-state index contributed by atoms with van der Waals surface area (Å²) in [5.74, 6) is -0.494. The van der Waals surface area contributed by atoms with Crippen LogP contribution in [0.5, 0.6) is 0 Å². The van der Waals surface area contributed by atoms with Crippen LogP contribution in [0.3, 0.4) is 0 Å². The van der Waals surface area contributed by atoms with Crippen molar-refractivity contribution < 1.29 is 9.59 Å². The average molecular weight is 228 g/mol. The van der Waals surface area contributed by atoms with E-state index >= 15 is 0 Å². The van der Waals surface area contributed by atoms with E-state index in [4.69, 9.17) is 5.73 Å². The van der Waals surface area contributed by atoms with Gasteiger partial charge in [-0.25, -0.2) is 4.79 Å². The Morgan fingerprint density at radius 1 is 1.25 bits per heavy atom. The molecular formula is C11H22N3O2. The fraction of sp³-hybridized carbons (Fsp3) is 0.818. The van der Waals surface area contributed by atoms with Gasteiger partial charge in [-0.15, -0.1) is 0 Å². The van der Waals surface area contributed by atoms with Crippen molar-refractivity contribution in [2.24, 2.45) is 5.92 Å². The standard InChI is InChI=1S/C11H22N3O2/c1-7(2)6-8(9(12)15)13-10(16)14-11(3,4)5/h7-8,12H,6H2,1-5H3,(H2,13,14,16)/t8-/m0/s1. The topological polar surface area (TPSA) is 82.0 Å². The van der Waals surface area contributed by atoms with E-state index < -0.39 is 18.0 Å². The number of rotatable bonds is 4. The maximum atomic E-state index is 11.5. The summed E-state index contributed by atoms with van der Waals surface area (Å²) in [6, 6.07) is -1.12. The van der Waals surface area contributed by atoms with E-state index in [0.717, 1.165) is 0 Å². The van der Waals surface area contributed by atoms with Gasteiger partial charge in [0.15, 0.2) is 0 Å². The zero-order valence-electron chi connectivity index (χ0n) is 10.7. The Labute approximate surface area is 97.2 Å². The van der Waals surface area contributed by atoms with Crippen LogP contribution in [0, 0.1) is 5.92 Å². The summed E-state index contributed by atoms with van der Waals surface area (Å²) in [4.78, 5) is 22.5. The summed E-state index contributed by atoms with van der Waals surface area (Å²) >= 11 is 0. The molecule has 0 aromatic rings. The van der Waals surface area contributed by atoms with E-state index in [1.54, 1.807) is 0 Å². The highest BCUT2D eigenvalue weighted by molar-refractivity contribution is 5.85. The number of carbonyl (C=O) groups is 2. The molecular weight excluding hydrogens is 206 g/mol. The van der Waals surface area contributed by atoms with Gasteiger partial charge in [0, 0.05) is 5.54 Å². The second-order valence-corrected chi connectivity index (χ2v) is 5.39. The smallest absolute Gasteiger partial charge is 0.315 e. The number of amides is 3. The van der Waals surface area contributed by atoms with E-state index in [1.165, 1.54) is 0 Å². The highest BCUT2D eigenvalue weighted by Crippen LogP contribution is 2.05. The number of nitrogens with one attached hydrogen (secondary N) is 3. The molecule has 16 heavy (non-hydrogen) atoms. The molecule has 0 unspecified atom stereocenters. The van der Waals surface area contributed by atoms with Crippen molar-refractivity contribution in [2.45, 2.75) is 52.6 Å². The van der Waals surface area contributed by atoms with E-state index in [0.29, 0.717) is 6.42 Å². The van der Waals surface area contributed by atoms with Crippen molar-refractivity contribution in [3.63, 3.8) is 0 Å². The molecule has 0 saturated carbocycles. The summed E-state index contributed by atoms with van der Waals surface area (Å²) < 4.78 is 0. The van der Waals surface area contributed by atoms with Gasteiger partial charge in [0.2, 0.25) is 0 Å². The molecule has 0 aliphatic carbocycles. The van der Waals surface area contributed by atoms with Crippen molar-refractivity contribution in [3.8, 4) is 0 Å². The van der Waals surface area contributed by atoms with Gasteiger partial charge < -0.3 is 10.6 Å². The second-order valence-electron chi connectivity index (χ2n) is 5.39. The summed E-state index contributed by atoms with van der Waals surface area (Å²) in [6.45, 7) is 9.45. The number of urea groups is 1. The fourth-order valence-electron chi connectivity index (χ4n) is 1.24. The summed E-state index contributed by atoms with van der Waals surface area (Å²) in [5.41, 5.74) is 6.72. The molecule has 1 atom stereocenters. The van der Waals surface area contributed by atoms with E-state index in [-0.39, 0.29) is 11.5 Å². The third kappa shape index (κ3) is 7.09. The molecule has 5 nitrogen and oxygen atoms in total. The lowest BCUT2D eigenvalue weighted by Crippen LogP contribution is -2.52. The molecule has 3 N–H and O–H groups in total. The van der Waals surface area contributed by atoms with Crippen molar-refractivity contribution in [1.29, 1.82) is 0 Å². The van der Waals surface area contributed by atoms with Crippen molar-refractivity contribution in [1.82, 2.24) is 16.4 Å². The Morgan fingerprint density at radius 2 is 1.75 bits per heavy atom. The van der Waals surface area contributed by atoms with Gasteiger partial charge in [0.25, 0.3) is 5.91 Å². The lowest BCUT2D eigenvalue weighted by atomic mass is 10.0. The lowest BCUT2D eigenvalue weighted by Gasteiger charge is -2.23. The SMILES string of the molecule is CC(C)C[C@H](NC(=O)NC(C)(C)C)C([NH])=O. The Kier molecular flexibility index (Phi) is 5.27. The first kappa shape index (κ1) is 14.7. The molecule has 0 bridgehead atoms. The molecule has 0 aromatic carbocycles. The van der Waals surface area contributed by atoms with Crippen LogP contribution in [0.1, 0.15) is 41.0 Å². The molecule has 0 aliphatic heterocycles. The zero-order chi connectivity index (χ0) is 12.9. The Balaban J connectivity index is 4.30. The lowest BCUT2D eigenvalue weighted by molar-refractivity contribution is -0.120. The van der Waals surface area contributed by atoms with Crippen molar-refractivity contribution in [2.75, 3.05) is 0 Å². The van der Waals surface area contributed by atoms with Crippen LogP contribution in [0.4, 0.5) is 4.79 Å². The van der Waals surface area contributed by atoms with Gasteiger partial charge in [-0.2, -0.15) is 0 Å². The van der Waals surface area contributed by atoms with Crippen LogP contribution in [-0.4, -0.2) is 23.5 Å². The first-order chi connectivity index (χ1) is 7.11. The van der Waals surface area contributed by atoms with Crippen LogP contribution < -0.4 is 16.4 Å². The molecule has 0 rings (SSSR count). The van der Waals surface area contributed by atoms with Crippen LogP contribution >= 0.6 is 0 Å². The quantitative estimate of drug-likeness (QED) is 0.760. The van der Waals surface area contributed by atoms with Crippen LogP contribution in [-0.2, 0) is 4.79 Å². The second kappa shape index (κ2) is 5.72. The Bertz CT molecular complexity index is 256. The minimum Gasteiger partial charge on any atom is -0.334 e. The van der Waals surface area contributed by atoms with Crippen LogP contribution in [0.25, 0.3) is 0 Å². The predicted octanol–water partition coefficient (Wildman–Crippen LogP) is 1.31. The highest BCUT2D eigenvalue weighted by Gasteiger charge is 2.22.